The molecule has 0 unspecified atom stereocenters. The van der Waals surface area contributed by atoms with Crippen LogP contribution in [0, 0.1) is 17.3 Å². The SMILES string of the molecule is COC(OC)[C@H]1CC[C@H]2CC[C@]1(C(OC)OC)C2. The summed E-state index contributed by atoms with van der Waals surface area (Å²) in [4.78, 5) is 0. The van der Waals surface area contributed by atoms with Gasteiger partial charge in [0.1, 0.15) is 0 Å². The van der Waals surface area contributed by atoms with Crippen molar-refractivity contribution in [3.05, 3.63) is 0 Å². The van der Waals surface area contributed by atoms with Gasteiger partial charge in [0.05, 0.1) is 0 Å². The van der Waals surface area contributed by atoms with Gasteiger partial charge in [-0.25, -0.2) is 0 Å². The molecule has 2 saturated carbocycles. The number of fused-ring (bicyclic) bond motifs is 2. The molecule has 18 heavy (non-hydrogen) atoms. The van der Waals surface area contributed by atoms with Crippen molar-refractivity contribution >= 4 is 0 Å². The highest BCUT2D eigenvalue weighted by atomic mass is 16.7. The van der Waals surface area contributed by atoms with E-state index in [2.05, 4.69) is 0 Å². The lowest BCUT2D eigenvalue weighted by Crippen LogP contribution is -2.49. The average molecular weight is 258 g/mol. The third kappa shape index (κ3) is 2.20. The Labute approximate surface area is 110 Å². The lowest BCUT2D eigenvalue weighted by molar-refractivity contribution is -0.248. The van der Waals surface area contributed by atoms with E-state index in [0.717, 1.165) is 18.8 Å². The summed E-state index contributed by atoms with van der Waals surface area (Å²) in [6.45, 7) is 0. The molecule has 2 rings (SSSR count). The second-order valence-electron chi connectivity index (χ2n) is 5.67. The number of hydrogen-bond donors (Lipinski definition) is 0. The lowest BCUT2D eigenvalue weighted by Gasteiger charge is -2.47. The Kier molecular flexibility index (Phi) is 4.64. The van der Waals surface area contributed by atoms with E-state index in [0.29, 0.717) is 5.92 Å². The maximum Gasteiger partial charge on any atom is 0.162 e. The fraction of sp³-hybridized carbons (Fsp3) is 1.00. The highest BCUT2D eigenvalue weighted by Crippen LogP contribution is 2.58. The molecule has 0 heterocycles. The highest BCUT2D eigenvalue weighted by Gasteiger charge is 2.56. The number of hydrogen-bond acceptors (Lipinski definition) is 4. The van der Waals surface area contributed by atoms with Crippen molar-refractivity contribution in [2.24, 2.45) is 17.3 Å². The zero-order valence-corrected chi connectivity index (χ0v) is 12.0. The molecule has 2 bridgehead atoms. The first-order chi connectivity index (χ1) is 8.71. The third-order valence-corrected chi connectivity index (χ3v) is 5.00. The zero-order valence-electron chi connectivity index (χ0n) is 12.0. The Morgan fingerprint density at radius 2 is 1.56 bits per heavy atom. The summed E-state index contributed by atoms with van der Waals surface area (Å²) in [6.07, 6.45) is 5.71. The predicted octanol–water partition coefficient (Wildman–Crippen LogP) is 2.42. The molecule has 0 radical (unpaired) electrons. The minimum atomic E-state index is -0.156. The van der Waals surface area contributed by atoms with Crippen LogP contribution in [0.4, 0.5) is 0 Å². The Morgan fingerprint density at radius 3 is 2.11 bits per heavy atom. The molecule has 2 aliphatic rings. The lowest BCUT2D eigenvalue weighted by atomic mass is 9.66. The van der Waals surface area contributed by atoms with Gasteiger partial charge in [0.2, 0.25) is 0 Å². The summed E-state index contributed by atoms with van der Waals surface area (Å²) < 4.78 is 22.2. The Hall–Kier alpha value is -0.160. The van der Waals surface area contributed by atoms with Gasteiger partial charge >= 0.3 is 0 Å². The standard InChI is InChI=1S/C14H26O4/c1-15-12(16-2)11-6-5-10-7-8-14(11,9-10)13(17-3)18-4/h10-13H,5-9H2,1-4H3/t10-,11+,14-/m0/s1. The van der Waals surface area contributed by atoms with Gasteiger partial charge < -0.3 is 18.9 Å². The molecule has 0 aromatic heterocycles. The van der Waals surface area contributed by atoms with Crippen molar-refractivity contribution < 1.29 is 18.9 Å². The van der Waals surface area contributed by atoms with E-state index in [1.165, 1.54) is 19.3 Å². The molecular formula is C14H26O4. The Balaban J connectivity index is 2.25. The van der Waals surface area contributed by atoms with E-state index in [9.17, 15) is 0 Å². The van der Waals surface area contributed by atoms with Crippen molar-refractivity contribution in [1.29, 1.82) is 0 Å². The van der Waals surface area contributed by atoms with Gasteiger partial charge in [0.25, 0.3) is 0 Å². The Bertz CT molecular complexity index is 261. The van der Waals surface area contributed by atoms with Crippen molar-refractivity contribution in [1.82, 2.24) is 0 Å². The highest BCUT2D eigenvalue weighted by molar-refractivity contribution is 5.01. The summed E-state index contributed by atoms with van der Waals surface area (Å²) in [5.41, 5.74) is 0.0586. The molecule has 0 N–H and O–H groups in total. The predicted molar refractivity (Wildman–Crippen MR) is 68.1 cm³/mol. The molecule has 0 spiro atoms. The average Bonchev–Trinajstić information content (AvgIpc) is 2.74. The maximum atomic E-state index is 5.60. The minimum absolute atomic E-state index is 0.0586. The van der Waals surface area contributed by atoms with Crippen LogP contribution in [0.25, 0.3) is 0 Å². The van der Waals surface area contributed by atoms with Crippen LogP contribution in [-0.2, 0) is 18.9 Å². The van der Waals surface area contributed by atoms with Gasteiger partial charge in [-0.3, -0.25) is 0 Å². The zero-order chi connectivity index (χ0) is 13.2. The number of methoxy groups -OCH3 is 4. The minimum Gasteiger partial charge on any atom is -0.356 e. The molecule has 0 aromatic rings. The van der Waals surface area contributed by atoms with Crippen LogP contribution in [0.5, 0.6) is 0 Å². The van der Waals surface area contributed by atoms with Crippen LogP contribution < -0.4 is 0 Å². The number of rotatable bonds is 6. The fourth-order valence-electron chi connectivity index (χ4n) is 4.29. The van der Waals surface area contributed by atoms with Crippen molar-refractivity contribution in [3.8, 4) is 0 Å². The van der Waals surface area contributed by atoms with E-state index < -0.39 is 0 Å². The van der Waals surface area contributed by atoms with Crippen LogP contribution in [0.1, 0.15) is 32.1 Å². The molecule has 2 aliphatic carbocycles. The second kappa shape index (κ2) is 5.87. The number of ether oxygens (including phenoxy) is 4. The summed E-state index contributed by atoms with van der Waals surface area (Å²) in [6, 6.07) is 0. The topological polar surface area (TPSA) is 36.9 Å². The van der Waals surface area contributed by atoms with E-state index in [-0.39, 0.29) is 18.0 Å². The third-order valence-electron chi connectivity index (χ3n) is 5.00. The van der Waals surface area contributed by atoms with E-state index >= 15 is 0 Å². The molecule has 0 aromatic carbocycles. The van der Waals surface area contributed by atoms with Crippen molar-refractivity contribution in [2.75, 3.05) is 28.4 Å². The molecule has 0 aliphatic heterocycles. The first-order valence-electron chi connectivity index (χ1n) is 6.83. The van der Waals surface area contributed by atoms with Crippen LogP contribution in [0.2, 0.25) is 0 Å². The van der Waals surface area contributed by atoms with E-state index in [1.807, 2.05) is 0 Å². The molecule has 4 heteroatoms. The van der Waals surface area contributed by atoms with Gasteiger partial charge in [0, 0.05) is 39.8 Å². The molecular weight excluding hydrogens is 232 g/mol. The molecule has 4 nitrogen and oxygen atoms in total. The molecule has 106 valence electrons. The smallest absolute Gasteiger partial charge is 0.162 e. The van der Waals surface area contributed by atoms with Gasteiger partial charge in [-0.1, -0.05) is 0 Å². The van der Waals surface area contributed by atoms with Crippen LogP contribution in [0.3, 0.4) is 0 Å². The Morgan fingerprint density at radius 1 is 0.889 bits per heavy atom. The molecule has 0 amide bonds. The van der Waals surface area contributed by atoms with Gasteiger partial charge in [-0.15, -0.1) is 0 Å². The van der Waals surface area contributed by atoms with Crippen LogP contribution in [0.15, 0.2) is 0 Å². The largest absolute Gasteiger partial charge is 0.356 e. The van der Waals surface area contributed by atoms with E-state index in [1.54, 1.807) is 28.4 Å². The molecule has 3 atom stereocenters. The first-order valence-corrected chi connectivity index (χ1v) is 6.83. The van der Waals surface area contributed by atoms with Crippen LogP contribution >= 0.6 is 0 Å². The maximum absolute atomic E-state index is 5.60. The normalized spacial score (nSPS) is 35.7. The first kappa shape index (κ1) is 14.3. The van der Waals surface area contributed by atoms with Gasteiger partial charge in [-0.05, 0) is 38.0 Å². The molecule has 2 fully saturated rings. The van der Waals surface area contributed by atoms with Crippen molar-refractivity contribution in [2.45, 2.75) is 44.7 Å². The summed E-state index contributed by atoms with van der Waals surface area (Å²) in [7, 11) is 6.90. The van der Waals surface area contributed by atoms with Gasteiger partial charge in [0.15, 0.2) is 12.6 Å². The van der Waals surface area contributed by atoms with Crippen molar-refractivity contribution in [3.63, 3.8) is 0 Å². The summed E-state index contributed by atoms with van der Waals surface area (Å²) in [5, 5.41) is 0. The summed E-state index contributed by atoms with van der Waals surface area (Å²) >= 11 is 0. The van der Waals surface area contributed by atoms with Gasteiger partial charge in [-0.2, -0.15) is 0 Å². The summed E-state index contributed by atoms with van der Waals surface area (Å²) in [5.74, 6) is 1.18. The second-order valence-corrected chi connectivity index (χ2v) is 5.67. The quantitative estimate of drug-likeness (QED) is 0.686. The van der Waals surface area contributed by atoms with E-state index in [4.69, 9.17) is 18.9 Å². The van der Waals surface area contributed by atoms with Crippen LogP contribution in [-0.4, -0.2) is 41.0 Å². The fourth-order valence-corrected chi connectivity index (χ4v) is 4.29. The molecule has 0 saturated heterocycles. The monoisotopic (exact) mass is 258 g/mol.